The van der Waals surface area contributed by atoms with E-state index in [4.69, 9.17) is 30.6 Å². The fraction of sp³-hybridized carbons (Fsp3) is 0. The van der Waals surface area contributed by atoms with Gasteiger partial charge in [0.15, 0.2) is 0 Å². The summed E-state index contributed by atoms with van der Waals surface area (Å²) in [6.45, 7) is 0. The summed E-state index contributed by atoms with van der Waals surface area (Å²) in [6, 6.07) is 0. The van der Waals surface area contributed by atoms with Crippen LogP contribution in [-0.2, 0) is 17.1 Å². The first-order valence-electron chi connectivity index (χ1n) is 1.10. The number of hydrogen-bond acceptors (Lipinski definition) is 6. The maximum absolute atomic E-state index is 8.25. The van der Waals surface area contributed by atoms with Gasteiger partial charge in [0.2, 0.25) is 0 Å². The Morgan fingerprint density at radius 1 is 0.800 bits per heavy atom. The van der Waals surface area contributed by atoms with Crippen LogP contribution in [0.4, 0.5) is 4.70 Å². The number of nitrogens with zero attached hydrogens (tertiary/aromatic N) is 2. The molecule has 1 radical (unpaired) electrons. The molecule has 0 atom stereocenters. The topological polar surface area (TPSA) is 132 Å². The van der Waals surface area contributed by atoms with Crippen molar-refractivity contribution in [1.29, 1.82) is 0 Å². The van der Waals surface area contributed by atoms with Crippen LogP contribution < -0.4 is 0 Å². The van der Waals surface area contributed by atoms with Crippen molar-refractivity contribution >= 4 is 0 Å². The Bertz CT molecular complexity index is 73.7. The van der Waals surface area contributed by atoms with Crippen molar-refractivity contribution < 1.29 is 31.9 Å². The van der Waals surface area contributed by atoms with Gasteiger partial charge in [0.05, 0.1) is 10.2 Å². The van der Waals surface area contributed by atoms with E-state index in [2.05, 4.69) is 0 Å². The smallest absolute Gasteiger partial charge is 0.356 e. The van der Waals surface area contributed by atoms with Crippen molar-refractivity contribution in [3.8, 4) is 0 Å². The summed E-state index contributed by atoms with van der Waals surface area (Å²) in [6.07, 6.45) is 0. The molecule has 0 heterocycles. The van der Waals surface area contributed by atoms with Gasteiger partial charge in [-0.25, -0.2) is 0 Å². The van der Waals surface area contributed by atoms with E-state index >= 15 is 0 Å². The molecule has 0 aromatic heterocycles. The van der Waals surface area contributed by atoms with E-state index in [0.717, 1.165) is 0 Å². The van der Waals surface area contributed by atoms with E-state index in [1.807, 2.05) is 0 Å². The zero-order chi connectivity index (χ0) is 7.15. The molecule has 65 valence electrons. The first-order chi connectivity index (χ1) is 3.46. The standard InChI is InChI=1S/Cu.FH.2NO3/c;;2*2-1(3)4/h;1H;;/q+2;;2*-1. The average Bonchev–Trinajstić information content (AvgIpc) is 1.25. The molecule has 0 rings (SSSR count). The van der Waals surface area contributed by atoms with Crippen LogP contribution in [0.1, 0.15) is 0 Å². The Kier molecular flexibility index (Phi) is 36.3. The summed E-state index contributed by atoms with van der Waals surface area (Å²) in [5.74, 6) is 0. The SMILES string of the molecule is F.O=[N+]([O-])[O-].O=[N+]([O-])[O-].[Cu+2]. The van der Waals surface area contributed by atoms with Crippen LogP contribution in [-0.4, -0.2) is 10.2 Å². The van der Waals surface area contributed by atoms with Crippen molar-refractivity contribution in [2.45, 2.75) is 0 Å². The summed E-state index contributed by atoms with van der Waals surface area (Å²) in [5.41, 5.74) is 0. The molecule has 0 saturated heterocycles. The molecule has 10 heteroatoms. The van der Waals surface area contributed by atoms with Crippen LogP contribution in [0, 0.1) is 30.6 Å². The van der Waals surface area contributed by atoms with Crippen LogP contribution in [0.3, 0.4) is 0 Å². The third-order valence-corrected chi connectivity index (χ3v) is 0. The van der Waals surface area contributed by atoms with E-state index in [-0.39, 0.29) is 21.8 Å². The molecule has 0 aliphatic carbocycles. The molecule has 0 bridgehead atoms. The number of halogens is 1. The van der Waals surface area contributed by atoms with Gasteiger partial charge in [-0.1, -0.05) is 0 Å². The zero-order valence-electron chi connectivity index (χ0n) is 4.05. The van der Waals surface area contributed by atoms with E-state index < -0.39 is 10.2 Å². The first kappa shape index (κ1) is 23.2. The molecule has 0 saturated carbocycles. The second-order valence-corrected chi connectivity index (χ2v) is 0.447. The van der Waals surface area contributed by atoms with Crippen molar-refractivity contribution in [3.05, 3.63) is 30.6 Å². The molecule has 0 unspecified atom stereocenters. The number of rotatable bonds is 0. The zero-order valence-corrected chi connectivity index (χ0v) is 5.00. The largest absolute Gasteiger partial charge is 2.00 e. The van der Waals surface area contributed by atoms with Crippen LogP contribution in [0.15, 0.2) is 0 Å². The van der Waals surface area contributed by atoms with Crippen LogP contribution >= 0.6 is 0 Å². The van der Waals surface area contributed by atoms with Gasteiger partial charge in [-0.3, -0.25) is 4.70 Å². The predicted molar refractivity (Wildman–Crippen MR) is 23.2 cm³/mol. The monoisotopic (exact) mass is 207 g/mol. The Morgan fingerprint density at radius 3 is 0.800 bits per heavy atom. The Morgan fingerprint density at radius 2 is 0.800 bits per heavy atom. The van der Waals surface area contributed by atoms with Gasteiger partial charge in [0.1, 0.15) is 0 Å². The quantitative estimate of drug-likeness (QED) is 0.303. The van der Waals surface area contributed by atoms with E-state index in [1.165, 1.54) is 0 Å². The maximum Gasteiger partial charge on any atom is 2.00 e. The third kappa shape index (κ3) is 177. The summed E-state index contributed by atoms with van der Waals surface area (Å²) in [4.78, 5) is 16.5. The fourth-order valence-corrected chi connectivity index (χ4v) is 0. The molecule has 10 heavy (non-hydrogen) atoms. The molecule has 0 spiro atoms. The summed E-state index contributed by atoms with van der Waals surface area (Å²) in [5, 5.41) is 29.5. The molecule has 0 amide bonds. The fourth-order valence-electron chi connectivity index (χ4n) is 0. The molecular formula is HCuFN2O6. The third-order valence-electron chi connectivity index (χ3n) is 0. The molecule has 0 aliphatic rings. The van der Waals surface area contributed by atoms with Gasteiger partial charge in [0.25, 0.3) is 0 Å². The molecule has 0 N–H and O–H groups in total. The average molecular weight is 208 g/mol. The molecule has 0 aliphatic heterocycles. The van der Waals surface area contributed by atoms with Crippen LogP contribution in [0.25, 0.3) is 0 Å². The van der Waals surface area contributed by atoms with Gasteiger partial charge in [-0.05, 0) is 0 Å². The Labute approximate surface area is 63.5 Å². The normalized spacial score (nSPS) is 4.80. The van der Waals surface area contributed by atoms with E-state index in [9.17, 15) is 0 Å². The summed E-state index contributed by atoms with van der Waals surface area (Å²) in [7, 11) is 0. The van der Waals surface area contributed by atoms with Gasteiger partial charge in [-0.15, -0.1) is 0 Å². The van der Waals surface area contributed by atoms with Crippen molar-refractivity contribution in [2.24, 2.45) is 0 Å². The van der Waals surface area contributed by atoms with Crippen LogP contribution in [0.2, 0.25) is 0 Å². The van der Waals surface area contributed by atoms with Gasteiger partial charge >= 0.3 is 17.1 Å². The minimum absolute atomic E-state index is 0. The second kappa shape index (κ2) is 15.7. The Balaban J connectivity index is -0.0000000300. The maximum atomic E-state index is 8.25. The van der Waals surface area contributed by atoms with E-state index in [1.54, 1.807) is 0 Å². The molecular weight excluding hydrogens is 207 g/mol. The van der Waals surface area contributed by atoms with Crippen LogP contribution in [0.5, 0.6) is 0 Å². The molecule has 8 nitrogen and oxygen atoms in total. The number of hydrogen-bond donors (Lipinski definition) is 0. The Hall–Kier alpha value is -1.15. The first-order valence-corrected chi connectivity index (χ1v) is 1.10. The van der Waals surface area contributed by atoms with Crippen molar-refractivity contribution in [3.63, 3.8) is 0 Å². The van der Waals surface area contributed by atoms with Crippen molar-refractivity contribution in [1.82, 2.24) is 0 Å². The van der Waals surface area contributed by atoms with Gasteiger partial charge < -0.3 is 30.6 Å². The van der Waals surface area contributed by atoms with Gasteiger partial charge in [-0.2, -0.15) is 0 Å². The second-order valence-electron chi connectivity index (χ2n) is 0.447. The molecule has 0 fully saturated rings. The molecule has 0 aromatic carbocycles. The summed E-state index contributed by atoms with van der Waals surface area (Å²) < 4.78 is 0. The van der Waals surface area contributed by atoms with E-state index in [0.29, 0.717) is 0 Å². The summed E-state index contributed by atoms with van der Waals surface area (Å²) >= 11 is 0. The predicted octanol–water partition coefficient (Wildman–Crippen LogP) is -0.328. The van der Waals surface area contributed by atoms with Gasteiger partial charge in [0, 0.05) is 0 Å². The minimum Gasteiger partial charge on any atom is -0.356 e. The van der Waals surface area contributed by atoms with Crippen molar-refractivity contribution in [2.75, 3.05) is 0 Å². The minimum atomic E-state index is -1.75. The molecule has 0 aromatic rings.